The molecule has 0 bridgehead atoms. The first-order valence-electron chi connectivity index (χ1n) is 4.58. The van der Waals surface area contributed by atoms with Crippen molar-refractivity contribution in [3.8, 4) is 0 Å². The zero-order valence-electron chi connectivity index (χ0n) is 8.13. The lowest BCUT2D eigenvalue weighted by molar-refractivity contribution is -0.146. The van der Waals surface area contributed by atoms with Crippen LogP contribution in [0.15, 0.2) is 41.2 Å². The van der Waals surface area contributed by atoms with Gasteiger partial charge < -0.3 is 5.11 Å². The van der Waals surface area contributed by atoms with Crippen molar-refractivity contribution < 1.29 is 14.3 Å². The topological polar surface area (TPSA) is 59.3 Å². The number of para-hydroxylation sites is 1. The number of alkyl halides is 1. The minimum Gasteiger partial charge on any atom is -0.478 e. The molecule has 1 aromatic carbocycles. The molecule has 1 heterocycles. The van der Waals surface area contributed by atoms with Crippen LogP contribution in [0.25, 0.3) is 10.9 Å². The molecule has 0 saturated heterocycles. The van der Waals surface area contributed by atoms with Gasteiger partial charge >= 0.3 is 5.97 Å². The van der Waals surface area contributed by atoms with Gasteiger partial charge in [-0.05, 0) is 17.5 Å². The van der Waals surface area contributed by atoms with Gasteiger partial charge in [0.15, 0.2) is 0 Å². The monoisotopic (exact) mass is 221 g/mol. The third kappa shape index (κ3) is 1.56. The Hall–Kier alpha value is -2.17. The predicted molar refractivity (Wildman–Crippen MR) is 56.0 cm³/mol. The van der Waals surface area contributed by atoms with Crippen LogP contribution < -0.4 is 5.56 Å². The maximum atomic E-state index is 13.4. The van der Waals surface area contributed by atoms with Gasteiger partial charge in [-0.3, -0.25) is 9.36 Å². The fraction of sp³-hybridized carbons (Fsp3) is 0.0909. The summed E-state index contributed by atoms with van der Waals surface area (Å²) in [5.74, 6) is -1.68. The summed E-state index contributed by atoms with van der Waals surface area (Å²) in [6.45, 7) is 0. The Kier molecular flexibility index (Phi) is 2.44. The van der Waals surface area contributed by atoms with Crippen molar-refractivity contribution in [1.82, 2.24) is 4.57 Å². The largest absolute Gasteiger partial charge is 0.478 e. The average Bonchev–Trinajstić information content (AvgIpc) is 2.28. The maximum absolute atomic E-state index is 13.4. The van der Waals surface area contributed by atoms with Crippen molar-refractivity contribution in [2.24, 2.45) is 0 Å². The van der Waals surface area contributed by atoms with E-state index in [0.29, 0.717) is 9.95 Å². The molecule has 1 unspecified atom stereocenters. The molecule has 2 aromatic rings. The van der Waals surface area contributed by atoms with Crippen molar-refractivity contribution in [2.75, 3.05) is 0 Å². The van der Waals surface area contributed by atoms with Gasteiger partial charge in [0.05, 0.1) is 5.52 Å². The van der Waals surface area contributed by atoms with Gasteiger partial charge in [0.25, 0.3) is 11.9 Å². The Morgan fingerprint density at radius 3 is 2.62 bits per heavy atom. The number of aliphatic carboxylic acids is 1. The first-order valence-corrected chi connectivity index (χ1v) is 4.58. The van der Waals surface area contributed by atoms with E-state index >= 15 is 0 Å². The summed E-state index contributed by atoms with van der Waals surface area (Å²) < 4.78 is 14.0. The van der Waals surface area contributed by atoms with E-state index < -0.39 is 17.8 Å². The third-order valence-corrected chi connectivity index (χ3v) is 2.27. The quantitative estimate of drug-likeness (QED) is 0.837. The number of aromatic nitrogens is 1. The molecule has 4 nitrogen and oxygen atoms in total. The number of nitrogens with zero attached hydrogens (tertiary/aromatic N) is 1. The van der Waals surface area contributed by atoms with E-state index in [9.17, 15) is 14.0 Å². The molecule has 0 spiro atoms. The van der Waals surface area contributed by atoms with Crippen LogP contribution in [0.3, 0.4) is 0 Å². The van der Waals surface area contributed by atoms with E-state index in [-0.39, 0.29) is 5.52 Å². The Morgan fingerprint density at radius 2 is 1.94 bits per heavy atom. The van der Waals surface area contributed by atoms with Gasteiger partial charge in [-0.1, -0.05) is 18.2 Å². The highest BCUT2D eigenvalue weighted by molar-refractivity contribution is 5.81. The summed E-state index contributed by atoms with van der Waals surface area (Å²) in [6.07, 6.45) is -2.36. The number of halogens is 1. The zero-order valence-corrected chi connectivity index (χ0v) is 8.13. The maximum Gasteiger partial charge on any atom is 0.360 e. The highest BCUT2D eigenvalue weighted by Gasteiger charge is 2.20. The molecule has 0 amide bonds. The van der Waals surface area contributed by atoms with E-state index in [4.69, 9.17) is 5.11 Å². The molecule has 0 radical (unpaired) electrons. The number of carbonyl (C=O) groups is 1. The molecule has 0 aliphatic carbocycles. The lowest BCUT2D eigenvalue weighted by Crippen LogP contribution is -2.26. The summed E-state index contributed by atoms with van der Waals surface area (Å²) in [7, 11) is 0. The normalized spacial score (nSPS) is 12.6. The zero-order chi connectivity index (χ0) is 11.7. The lowest BCUT2D eigenvalue weighted by Gasteiger charge is -2.10. The molecule has 0 fully saturated rings. The second-order valence-corrected chi connectivity index (χ2v) is 3.27. The summed E-state index contributed by atoms with van der Waals surface area (Å²) in [5.41, 5.74) is -0.404. The molecule has 16 heavy (non-hydrogen) atoms. The van der Waals surface area contributed by atoms with Crippen molar-refractivity contribution in [1.29, 1.82) is 0 Å². The Bertz CT molecular complexity index is 605. The summed E-state index contributed by atoms with van der Waals surface area (Å²) in [4.78, 5) is 22.0. The van der Waals surface area contributed by atoms with E-state index in [1.807, 2.05) is 0 Å². The van der Waals surface area contributed by atoms with Crippen LogP contribution >= 0.6 is 0 Å². The Labute approximate surface area is 89.6 Å². The fourth-order valence-corrected chi connectivity index (χ4v) is 1.55. The van der Waals surface area contributed by atoms with E-state index in [1.165, 1.54) is 12.1 Å². The van der Waals surface area contributed by atoms with Crippen molar-refractivity contribution >= 4 is 16.9 Å². The first-order chi connectivity index (χ1) is 7.61. The number of hydrogen-bond acceptors (Lipinski definition) is 2. The molecule has 2 rings (SSSR count). The average molecular weight is 221 g/mol. The number of fused-ring (bicyclic) bond motifs is 1. The van der Waals surface area contributed by atoms with E-state index in [2.05, 4.69) is 0 Å². The van der Waals surface area contributed by atoms with Crippen LogP contribution in [-0.2, 0) is 4.79 Å². The second kappa shape index (κ2) is 3.77. The minimum absolute atomic E-state index is 0.268. The van der Waals surface area contributed by atoms with Crippen molar-refractivity contribution in [2.45, 2.75) is 6.30 Å². The molecule has 0 aliphatic heterocycles. The lowest BCUT2D eigenvalue weighted by atomic mass is 10.2. The molecule has 0 aliphatic rings. The SMILES string of the molecule is O=C(O)C(F)n1c(=O)ccc2ccccc21. The number of benzene rings is 1. The van der Waals surface area contributed by atoms with Crippen LogP contribution in [-0.4, -0.2) is 15.6 Å². The van der Waals surface area contributed by atoms with Gasteiger partial charge in [0.1, 0.15) is 0 Å². The van der Waals surface area contributed by atoms with Crippen LogP contribution in [0.1, 0.15) is 6.30 Å². The molecule has 82 valence electrons. The van der Waals surface area contributed by atoms with Gasteiger partial charge in [0.2, 0.25) is 0 Å². The van der Waals surface area contributed by atoms with Gasteiger partial charge in [-0.2, -0.15) is 0 Å². The van der Waals surface area contributed by atoms with Crippen molar-refractivity contribution in [3.05, 3.63) is 46.8 Å². The number of rotatable bonds is 2. The Morgan fingerprint density at radius 1 is 1.25 bits per heavy atom. The smallest absolute Gasteiger partial charge is 0.360 e. The van der Waals surface area contributed by atoms with Gasteiger partial charge in [0, 0.05) is 6.07 Å². The highest BCUT2D eigenvalue weighted by Crippen LogP contribution is 2.16. The number of carboxylic acids is 1. The predicted octanol–water partition coefficient (Wildman–Crippen LogP) is 1.55. The summed E-state index contributed by atoms with van der Waals surface area (Å²) in [5, 5.41) is 9.20. The second-order valence-electron chi connectivity index (χ2n) is 3.27. The molecule has 1 atom stereocenters. The molecular weight excluding hydrogens is 213 g/mol. The standard InChI is InChI=1S/C11H8FNO3/c12-10(11(15)16)13-8-4-2-1-3-7(8)5-6-9(13)14/h1-6,10H,(H,15,16). The number of hydrogen-bond donors (Lipinski definition) is 1. The van der Waals surface area contributed by atoms with Crippen LogP contribution in [0, 0.1) is 0 Å². The third-order valence-electron chi connectivity index (χ3n) is 2.27. The van der Waals surface area contributed by atoms with Crippen LogP contribution in [0.4, 0.5) is 4.39 Å². The first kappa shape index (κ1) is 10.4. The molecule has 0 saturated carbocycles. The Balaban J connectivity index is 2.80. The summed E-state index contributed by atoms with van der Waals surface area (Å²) in [6, 6.07) is 9.21. The van der Waals surface area contributed by atoms with Gasteiger partial charge in [-0.15, -0.1) is 0 Å². The molecule has 1 N–H and O–H groups in total. The summed E-state index contributed by atoms with van der Waals surface area (Å²) >= 11 is 0. The molecular formula is C11H8FNO3. The molecule has 5 heteroatoms. The number of carboxylic acid groups (broad SMARTS) is 1. The van der Waals surface area contributed by atoms with Gasteiger partial charge in [-0.25, -0.2) is 9.18 Å². The van der Waals surface area contributed by atoms with E-state index in [0.717, 1.165) is 6.07 Å². The fourth-order valence-electron chi connectivity index (χ4n) is 1.55. The van der Waals surface area contributed by atoms with Crippen LogP contribution in [0.5, 0.6) is 0 Å². The number of pyridine rings is 1. The minimum atomic E-state index is -2.36. The molecule has 1 aromatic heterocycles. The highest BCUT2D eigenvalue weighted by atomic mass is 19.1. The van der Waals surface area contributed by atoms with E-state index in [1.54, 1.807) is 18.2 Å². The van der Waals surface area contributed by atoms with Crippen LogP contribution in [0.2, 0.25) is 0 Å². The van der Waals surface area contributed by atoms with Crippen molar-refractivity contribution in [3.63, 3.8) is 0 Å².